The molecule has 1 aliphatic rings. The van der Waals surface area contributed by atoms with Crippen LogP contribution in [0.25, 0.3) is 0 Å². The van der Waals surface area contributed by atoms with Crippen LogP contribution in [0, 0.1) is 17.6 Å². The number of methoxy groups -OCH3 is 2. The predicted molar refractivity (Wildman–Crippen MR) is 201 cm³/mol. The van der Waals surface area contributed by atoms with Crippen LogP contribution < -0.4 is 11.1 Å². The molecular weight excluding hydrogens is 661 g/mol. The second-order valence-electron chi connectivity index (χ2n) is 11.6. The number of benzene rings is 1. The van der Waals surface area contributed by atoms with E-state index in [9.17, 15) is 27.9 Å². The molecule has 1 aromatic rings. The Balaban J connectivity index is -0.000000699. The van der Waals surface area contributed by atoms with Crippen LogP contribution in [0.3, 0.4) is 0 Å². The highest BCUT2D eigenvalue weighted by Crippen LogP contribution is 2.39. The zero-order valence-electron chi connectivity index (χ0n) is 32.4. The van der Waals surface area contributed by atoms with E-state index in [-0.39, 0.29) is 17.9 Å². The number of hydrogen-bond donors (Lipinski definition) is 3. The molecule has 0 aliphatic heterocycles. The summed E-state index contributed by atoms with van der Waals surface area (Å²) in [7, 11) is 2.58. The lowest BCUT2D eigenvalue weighted by atomic mass is 9.76. The van der Waals surface area contributed by atoms with Gasteiger partial charge in [0.05, 0.1) is 25.0 Å². The first-order valence-corrected chi connectivity index (χ1v) is 17.8. The van der Waals surface area contributed by atoms with Crippen molar-refractivity contribution in [3.05, 3.63) is 83.4 Å². The topological polar surface area (TPSA) is 128 Å². The first kappa shape index (κ1) is 51.8. The highest BCUT2D eigenvalue weighted by atomic mass is 19.2. The fourth-order valence-corrected chi connectivity index (χ4v) is 5.07. The summed E-state index contributed by atoms with van der Waals surface area (Å²) >= 11 is 0. The number of ether oxygens (including phenoxy) is 2. The number of halogens is 3. The Hall–Kier alpha value is -3.54. The van der Waals surface area contributed by atoms with Crippen LogP contribution in [0.5, 0.6) is 0 Å². The summed E-state index contributed by atoms with van der Waals surface area (Å²) in [5, 5.41) is 12.6. The van der Waals surface area contributed by atoms with E-state index in [1.807, 2.05) is 13.8 Å². The SMILES string of the molecule is C=C/C=C\C=C(/F)C1(O)CCC(CCC)CC1.CC.CC=O.CCCC(N)CC.COC/C(NC=O)=C(\C(=O)OC)C(C)c1ccc(F)c(F)c1. The Morgan fingerprint density at radius 3 is 2.10 bits per heavy atom. The second kappa shape index (κ2) is 32.4. The molecule has 1 fully saturated rings. The molecule has 8 nitrogen and oxygen atoms in total. The molecule has 0 heterocycles. The molecule has 0 spiro atoms. The predicted octanol–water partition coefficient (Wildman–Crippen LogP) is 8.95. The van der Waals surface area contributed by atoms with Crippen molar-refractivity contribution in [2.45, 2.75) is 124 Å². The molecule has 1 aromatic carbocycles. The summed E-state index contributed by atoms with van der Waals surface area (Å²) in [6.45, 7) is 17.0. The Morgan fingerprint density at radius 1 is 1.10 bits per heavy atom. The van der Waals surface area contributed by atoms with Gasteiger partial charge in [-0.1, -0.05) is 91.7 Å². The van der Waals surface area contributed by atoms with Crippen molar-refractivity contribution in [3.63, 3.8) is 0 Å². The number of allylic oxidation sites excluding steroid dienone is 4. The Bertz CT molecular complexity index is 1190. The number of aliphatic hydroxyl groups is 1. The van der Waals surface area contributed by atoms with Crippen LogP contribution in [0.1, 0.15) is 118 Å². The Morgan fingerprint density at radius 2 is 1.69 bits per heavy atom. The van der Waals surface area contributed by atoms with Crippen molar-refractivity contribution in [2.75, 3.05) is 20.8 Å². The smallest absolute Gasteiger partial charge is 0.336 e. The minimum atomic E-state index is -1.23. The third kappa shape index (κ3) is 22.1. The van der Waals surface area contributed by atoms with Crippen LogP contribution in [0.2, 0.25) is 0 Å². The lowest BCUT2D eigenvalue weighted by molar-refractivity contribution is -0.136. The molecule has 0 bridgehead atoms. The first-order valence-electron chi connectivity index (χ1n) is 17.8. The van der Waals surface area contributed by atoms with Crippen molar-refractivity contribution < 1.29 is 42.1 Å². The number of carbonyl (C=O) groups is 3. The quantitative estimate of drug-likeness (QED) is 0.0713. The molecule has 292 valence electrons. The molecule has 51 heavy (non-hydrogen) atoms. The second-order valence-corrected chi connectivity index (χ2v) is 11.6. The van der Waals surface area contributed by atoms with Gasteiger partial charge in [0.15, 0.2) is 11.6 Å². The van der Waals surface area contributed by atoms with Gasteiger partial charge in [-0.3, -0.25) is 4.79 Å². The monoisotopic (exact) mass is 726 g/mol. The van der Waals surface area contributed by atoms with E-state index in [4.69, 9.17) is 20.0 Å². The number of aldehydes is 1. The van der Waals surface area contributed by atoms with Crippen LogP contribution in [0.15, 0.2) is 66.2 Å². The summed E-state index contributed by atoms with van der Waals surface area (Å²) in [4.78, 5) is 31.5. The fraction of sp³-hybridized carbons (Fsp3) is 0.575. The Kier molecular flexibility index (Phi) is 32.9. The van der Waals surface area contributed by atoms with Crippen molar-refractivity contribution in [1.29, 1.82) is 0 Å². The van der Waals surface area contributed by atoms with Crippen molar-refractivity contribution in [1.82, 2.24) is 5.32 Å². The van der Waals surface area contributed by atoms with Gasteiger partial charge in [-0.2, -0.15) is 0 Å². The van der Waals surface area contributed by atoms with E-state index in [0.29, 0.717) is 36.8 Å². The van der Waals surface area contributed by atoms with Gasteiger partial charge in [0.1, 0.15) is 17.7 Å². The van der Waals surface area contributed by atoms with Crippen molar-refractivity contribution in [2.24, 2.45) is 11.7 Å². The minimum Gasteiger partial charge on any atom is -0.466 e. The summed E-state index contributed by atoms with van der Waals surface area (Å²) in [6, 6.07) is 3.77. The lowest BCUT2D eigenvalue weighted by Gasteiger charge is -2.34. The average molecular weight is 727 g/mol. The van der Waals surface area contributed by atoms with E-state index >= 15 is 0 Å². The normalized spacial score (nSPS) is 18.2. The molecular formula is C40H65F3N2O6. The standard InChI is InChI=1S/C15H17F2NO4.C15H23FO.C6H15N.C2H4O.C2H6/c1-9(10-4-5-11(16)12(17)6-10)14(15(20)22-3)13(7-21-2)18-8-19;1-3-5-6-8-14(16)15(17)11-9-13(7-4-2)10-12-15;1-3-5-6(7)4-2;1-2-3;1-2/h4-6,8-9H,7H2,1-3H3,(H,18,19);3,5-6,8,13,17H,1,4,7,9-12H2,2H3;6H,3-5,7H2,1-2H3;2H,1H3;1-2H3/b14-13+;6-5-,14-8-;;;. The summed E-state index contributed by atoms with van der Waals surface area (Å²) in [6.07, 6.45) is 16.1. The maximum Gasteiger partial charge on any atom is 0.336 e. The van der Waals surface area contributed by atoms with E-state index in [2.05, 4.69) is 32.7 Å². The van der Waals surface area contributed by atoms with Crippen LogP contribution in [-0.2, 0) is 23.9 Å². The number of rotatable bonds is 15. The number of esters is 1. The molecule has 0 aromatic heterocycles. The number of hydrogen-bond acceptors (Lipinski definition) is 7. The van der Waals surface area contributed by atoms with Gasteiger partial charge in [-0.25, -0.2) is 18.0 Å². The fourth-order valence-electron chi connectivity index (χ4n) is 5.07. The molecule has 1 saturated carbocycles. The van der Waals surface area contributed by atoms with Gasteiger partial charge >= 0.3 is 5.97 Å². The van der Waals surface area contributed by atoms with E-state index in [1.54, 1.807) is 25.2 Å². The van der Waals surface area contributed by atoms with Gasteiger partial charge in [-0.15, -0.1) is 0 Å². The van der Waals surface area contributed by atoms with Gasteiger partial charge in [0, 0.05) is 19.1 Å². The molecule has 0 saturated heterocycles. The van der Waals surface area contributed by atoms with Gasteiger partial charge in [0.2, 0.25) is 6.41 Å². The maximum atomic E-state index is 13.8. The van der Waals surface area contributed by atoms with Crippen molar-refractivity contribution in [3.8, 4) is 0 Å². The third-order valence-electron chi connectivity index (χ3n) is 7.88. The molecule has 0 radical (unpaired) electrons. The van der Waals surface area contributed by atoms with E-state index < -0.39 is 34.9 Å². The average Bonchev–Trinajstić information content (AvgIpc) is 3.12. The van der Waals surface area contributed by atoms with Crippen molar-refractivity contribution >= 4 is 18.7 Å². The zero-order chi connectivity index (χ0) is 39.8. The molecule has 1 amide bonds. The Labute approximate surface area is 305 Å². The van der Waals surface area contributed by atoms with Gasteiger partial charge in [0.25, 0.3) is 0 Å². The van der Waals surface area contributed by atoms with Gasteiger partial charge < -0.3 is 30.4 Å². The lowest BCUT2D eigenvalue weighted by Crippen LogP contribution is -2.34. The molecule has 11 heteroatoms. The van der Waals surface area contributed by atoms with Crippen LogP contribution in [-0.4, -0.2) is 56.2 Å². The van der Waals surface area contributed by atoms with Gasteiger partial charge in [-0.05, 0) is 75.1 Å². The van der Waals surface area contributed by atoms with Crippen LogP contribution >= 0.6 is 0 Å². The number of carbonyl (C=O) groups excluding carboxylic acids is 3. The minimum absolute atomic E-state index is 0.0445. The summed E-state index contributed by atoms with van der Waals surface area (Å²) in [5.41, 5.74) is 5.01. The molecule has 2 rings (SSSR count). The van der Waals surface area contributed by atoms with E-state index in [1.165, 1.54) is 59.0 Å². The molecule has 1 aliphatic carbocycles. The number of nitrogens with one attached hydrogen (secondary N) is 1. The van der Waals surface area contributed by atoms with Crippen LogP contribution in [0.4, 0.5) is 13.2 Å². The zero-order valence-corrected chi connectivity index (χ0v) is 32.4. The summed E-state index contributed by atoms with van der Waals surface area (Å²) in [5.74, 6) is -3.09. The third-order valence-corrected chi connectivity index (χ3v) is 7.88. The van der Waals surface area contributed by atoms with E-state index in [0.717, 1.165) is 37.7 Å². The highest BCUT2D eigenvalue weighted by molar-refractivity contribution is 5.91. The number of nitrogens with two attached hydrogens (primary N) is 1. The summed E-state index contributed by atoms with van der Waals surface area (Å²) < 4.78 is 49.9. The molecule has 4 N–H and O–H groups in total. The molecule has 2 unspecified atom stereocenters. The number of amides is 1. The first-order chi connectivity index (χ1) is 24.3. The largest absolute Gasteiger partial charge is 0.466 e. The highest BCUT2D eigenvalue weighted by Gasteiger charge is 2.36. The maximum absolute atomic E-state index is 13.8. The molecule has 2 atom stereocenters.